The highest BCUT2D eigenvalue weighted by Crippen LogP contribution is 2.16. The fraction of sp³-hybridized carbons (Fsp3) is 0.385. The number of hydrogen-bond acceptors (Lipinski definition) is 4. The lowest BCUT2D eigenvalue weighted by atomic mass is 10.2. The number of hydrogen-bond donors (Lipinski definition) is 3. The first-order chi connectivity index (χ1) is 9.15. The Balaban J connectivity index is 2.45. The molecule has 0 saturated carbocycles. The van der Waals surface area contributed by atoms with Crippen LogP contribution in [0.1, 0.15) is 26.2 Å². The molecule has 6 heteroatoms. The molecule has 0 aliphatic rings. The van der Waals surface area contributed by atoms with Crippen molar-refractivity contribution in [3.05, 3.63) is 24.3 Å². The van der Waals surface area contributed by atoms with Crippen molar-refractivity contribution in [2.24, 2.45) is 10.9 Å². The number of ether oxygens (including phenoxy) is 1. The number of carbonyl (C=O) groups excluding carboxylic acids is 1. The lowest BCUT2D eigenvalue weighted by Gasteiger charge is -2.07. The summed E-state index contributed by atoms with van der Waals surface area (Å²) in [6, 6.07) is 6.90. The van der Waals surface area contributed by atoms with Gasteiger partial charge in [0.25, 0.3) is 0 Å². The number of anilines is 1. The van der Waals surface area contributed by atoms with Gasteiger partial charge in [0.15, 0.2) is 5.84 Å². The number of oxime groups is 1. The Morgan fingerprint density at radius 1 is 1.42 bits per heavy atom. The smallest absolute Gasteiger partial charge is 0.224 e. The van der Waals surface area contributed by atoms with Crippen molar-refractivity contribution < 1.29 is 14.7 Å². The van der Waals surface area contributed by atoms with Crippen molar-refractivity contribution in [3.63, 3.8) is 0 Å². The lowest BCUT2D eigenvalue weighted by Crippen LogP contribution is -2.20. The Hall–Kier alpha value is -2.24. The maximum absolute atomic E-state index is 11.5. The first-order valence-corrected chi connectivity index (χ1v) is 6.14. The van der Waals surface area contributed by atoms with Crippen LogP contribution in [0.3, 0.4) is 0 Å². The molecule has 0 aliphatic carbocycles. The minimum Gasteiger partial charge on any atom is -0.486 e. The molecular weight excluding hydrogens is 246 g/mol. The molecule has 0 fully saturated rings. The Morgan fingerprint density at radius 3 is 2.68 bits per heavy atom. The van der Waals surface area contributed by atoms with E-state index in [1.165, 1.54) is 0 Å². The molecular formula is C13H19N3O3. The first-order valence-electron chi connectivity index (χ1n) is 6.14. The highest BCUT2D eigenvalue weighted by molar-refractivity contribution is 5.90. The van der Waals surface area contributed by atoms with Crippen LogP contribution in [0.2, 0.25) is 0 Å². The molecule has 0 aliphatic heterocycles. The van der Waals surface area contributed by atoms with E-state index in [1.54, 1.807) is 24.3 Å². The normalized spacial score (nSPS) is 11.1. The van der Waals surface area contributed by atoms with Gasteiger partial charge in [-0.2, -0.15) is 0 Å². The second-order valence-corrected chi connectivity index (χ2v) is 4.06. The van der Waals surface area contributed by atoms with E-state index in [1.807, 2.05) is 6.92 Å². The van der Waals surface area contributed by atoms with Crippen LogP contribution >= 0.6 is 0 Å². The second-order valence-electron chi connectivity index (χ2n) is 4.06. The molecule has 4 N–H and O–H groups in total. The SMILES string of the molecule is CCCCC(=O)Nc1ccc(OC/C(N)=N/O)cc1. The van der Waals surface area contributed by atoms with Gasteiger partial charge in [0.1, 0.15) is 12.4 Å². The van der Waals surface area contributed by atoms with E-state index < -0.39 is 0 Å². The van der Waals surface area contributed by atoms with Crippen molar-refractivity contribution in [2.45, 2.75) is 26.2 Å². The summed E-state index contributed by atoms with van der Waals surface area (Å²) in [5.41, 5.74) is 6.00. The molecule has 0 atom stereocenters. The van der Waals surface area contributed by atoms with Crippen molar-refractivity contribution in [1.29, 1.82) is 0 Å². The minimum atomic E-state index is -0.00283. The highest BCUT2D eigenvalue weighted by Gasteiger charge is 2.02. The third kappa shape index (κ3) is 5.76. The summed E-state index contributed by atoms with van der Waals surface area (Å²) in [7, 11) is 0. The van der Waals surface area contributed by atoms with Crippen molar-refractivity contribution in [2.75, 3.05) is 11.9 Å². The maximum atomic E-state index is 11.5. The van der Waals surface area contributed by atoms with Crippen molar-refractivity contribution >= 4 is 17.4 Å². The Morgan fingerprint density at radius 2 is 2.11 bits per heavy atom. The molecule has 0 aromatic heterocycles. The fourth-order valence-electron chi connectivity index (χ4n) is 1.38. The van der Waals surface area contributed by atoms with Crippen LogP contribution in [0, 0.1) is 0 Å². The van der Waals surface area contributed by atoms with Gasteiger partial charge in [-0.3, -0.25) is 4.79 Å². The molecule has 6 nitrogen and oxygen atoms in total. The van der Waals surface area contributed by atoms with Crippen LogP contribution in [-0.2, 0) is 4.79 Å². The molecule has 0 bridgehead atoms. The zero-order valence-corrected chi connectivity index (χ0v) is 10.9. The van der Waals surface area contributed by atoms with Crippen LogP contribution in [-0.4, -0.2) is 23.6 Å². The van der Waals surface area contributed by atoms with Crippen molar-refractivity contribution in [3.8, 4) is 5.75 Å². The highest BCUT2D eigenvalue weighted by atomic mass is 16.5. The summed E-state index contributed by atoms with van der Waals surface area (Å²) < 4.78 is 5.26. The molecule has 0 heterocycles. The zero-order valence-electron chi connectivity index (χ0n) is 10.9. The molecule has 1 amide bonds. The summed E-state index contributed by atoms with van der Waals surface area (Å²) in [6.07, 6.45) is 2.40. The van der Waals surface area contributed by atoms with E-state index >= 15 is 0 Å². The standard InChI is InChI=1S/C13H19N3O3/c1-2-3-4-13(17)15-10-5-7-11(8-6-10)19-9-12(14)16-18/h5-8,18H,2-4,9H2,1H3,(H2,14,16)(H,15,17). The summed E-state index contributed by atoms with van der Waals surface area (Å²) in [4.78, 5) is 11.5. The summed E-state index contributed by atoms with van der Waals surface area (Å²) in [5.74, 6) is 0.585. The Kier molecular flexibility index (Phi) is 6.21. The van der Waals surface area contributed by atoms with Gasteiger partial charge in [-0.05, 0) is 30.7 Å². The predicted octanol–water partition coefficient (Wildman–Crippen LogP) is 1.94. The predicted molar refractivity (Wildman–Crippen MR) is 73.5 cm³/mol. The molecule has 0 unspecified atom stereocenters. The van der Waals surface area contributed by atoms with Gasteiger partial charge in [0, 0.05) is 12.1 Å². The zero-order chi connectivity index (χ0) is 14.1. The van der Waals surface area contributed by atoms with Crippen molar-refractivity contribution in [1.82, 2.24) is 0 Å². The van der Waals surface area contributed by atoms with Crippen LogP contribution < -0.4 is 15.8 Å². The Bertz CT molecular complexity index is 429. The topological polar surface area (TPSA) is 96.9 Å². The van der Waals surface area contributed by atoms with Gasteiger partial charge < -0.3 is 21.0 Å². The van der Waals surface area contributed by atoms with E-state index in [2.05, 4.69) is 10.5 Å². The van der Waals surface area contributed by atoms with Gasteiger partial charge in [0.05, 0.1) is 0 Å². The average molecular weight is 265 g/mol. The monoisotopic (exact) mass is 265 g/mol. The summed E-state index contributed by atoms with van der Waals surface area (Å²) in [6.45, 7) is 2.06. The van der Waals surface area contributed by atoms with E-state index in [-0.39, 0.29) is 18.3 Å². The molecule has 0 saturated heterocycles. The van der Waals surface area contributed by atoms with Gasteiger partial charge in [-0.15, -0.1) is 0 Å². The molecule has 19 heavy (non-hydrogen) atoms. The summed E-state index contributed by atoms with van der Waals surface area (Å²) >= 11 is 0. The van der Waals surface area contributed by atoms with E-state index in [0.717, 1.165) is 18.5 Å². The molecule has 0 radical (unpaired) electrons. The molecule has 1 aromatic rings. The number of nitrogens with two attached hydrogens (primary N) is 1. The number of unbranched alkanes of at least 4 members (excludes halogenated alkanes) is 1. The largest absolute Gasteiger partial charge is 0.486 e. The lowest BCUT2D eigenvalue weighted by molar-refractivity contribution is -0.116. The number of nitrogens with zero attached hydrogens (tertiary/aromatic N) is 1. The molecule has 1 aromatic carbocycles. The van der Waals surface area contributed by atoms with Crippen LogP contribution in [0.25, 0.3) is 0 Å². The fourth-order valence-corrected chi connectivity index (χ4v) is 1.38. The Labute approximate surface area is 112 Å². The average Bonchev–Trinajstić information content (AvgIpc) is 2.44. The quantitative estimate of drug-likeness (QED) is 0.304. The number of carbonyl (C=O) groups is 1. The first kappa shape index (κ1) is 14.8. The minimum absolute atomic E-state index is 0.00283. The van der Waals surface area contributed by atoms with Gasteiger partial charge in [-0.1, -0.05) is 18.5 Å². The third-order valence-electron chi connectivity index (χ3n) is 2.41. The molecule has 104 valence electrons. The number of amides is 1. The van der Waals surface area contributed by atoms with Crippen LogP contribution in [0.15, 0.2) is 29.4 Å². The van der Waals surface area contributed by atoms with E-state index in [9.17, 15) is 4.79 Å². The van der Waals surface area contributed by atoms with Gasteiger partial charge >= 0.3 is 0 Å². The van der Waals surface area contributed by atoms with Crippen LogP contribution in [0.5, 0.6) is 5.75 Å². The summed E-state index contributed by atoms with van der Waals surface area (Å²) in [5, 5.41) is 14.0. The van der Waals surface area contributed by atoms with Gasteiger partial charge in [-0.25, -0.2) is 0 Å². The maximum Gasteiger partial charge on any atom is 0.224 e. The molecule has 0 spiro atoms. The second kappa shape index (κ2) is 7.97. The van der Waals surface area contributed by atoms with E-state index in [4.69, 9.17) is 15.7 Å². The number of rotatable bonds is 7. The van der Waals surface area contributed by atoms with E-state index in [0.29, 0.717) is 12.2 Å². The van der Waals surface area contributed by atoms with Gasteiger partial charge in [0.2, 0.25) is 5.91 Å². The number of amidine groups is 1. The third-order valence-corrected chi connectivity index (χ3v) is 2.41. The molecule has 1 rings (SSSR count). The number of nitrogens with one attached hydrogen (secondary N) is 1. The number of benzene rings is 1. The van der Waals surface area contributed by atoms with Crippen LogP contribution in [0.4, 0.5) is 5.69 Å².